The lowest BCUT2D eigenvalue weighted by molar-refractivity contribution is -0.651. The highest BCUT2D eigenvalue weighted by atomic mass is 32.2. The summed E-state index contributed by atoms with van der Waals surface area (Å²) < 4.78 is 1.98. The van der Waals surface area contributed by atoms with Gasteiger partial charge in [-0.05, 0) is 19.9 Å². The number of nitrogens with zero attached hydrogens (tertiary/aromatic N) is 4. The second-order valence-electron chi connectivity index (χ2n) is 4.09. The lowest BCUT2D eigenvalue weighted by atomic mass is 10.3. The first kappa shape index (κ1) is 13.3. The van der Waals surface area contributed by atoms with E-state index < -0.39 is 0 Å². The van der Waals surface area contributed by atoms with Gasteiger partial charge in [0.15, 0.2) is 5.16 Å². The Labute approximate surface area is 110 Å². The quantitative estimate of drug-likeness (QED) is 0.539. The molecule has 6 nitrogen and oxygen atoms in total. The number of aryl methyl sites for hydroxylation is 2. The van der Waals surface area contributed by atoms with Gasteiger partial charge in [0.05, 0.1) is 25.4 Å². The van der Waals surface area contributed by atoms with Gasteiger partial charge in [-0.2, -0.15) is 0 Å². The SMILES string of the molecule is Cc1cc(C)n2c(SCC[NH2+]CCO)nnc2n1. The number of hydrogen-bond donors (Lipinski definition) is 2. The van der Waals surface area contributed by atoms with Crippen molar-refractivity contribution in [2.45, 2.75) is 19.0 Å². The molecular formula is C11H18N5OS+. The van der Waals surface area contributed by atoms with Crippen molar-refractivity contribution in [2.75, 3.05) is 25.4 Å². The summed E-state index contributed by atoms with van der Waals surface area (Å²) in [6.07, 6.45) is 0. The molecule has 0 amide bonds. The Bertz CT molecular complexity index is 527. The fourth-order valence-electron chi connectivity index (χ4n) is 1.76. The van der Waals surface area contributed by atoms with Gasteiger partial charge in [-0.1, -0.05) is 11.8 Å². The Morgan fingerprint density at radius 2 is 2.17 bits per heavy atom. The van der Waals surface area contributed by atoms with Crippen molar-refractivity contribution in [3.8, 4) is 0 Å². The normalized spacial score (nSPS) is 11.3. The van der Waals surface area contributed by atoms with Crippen molar-refractivity contribution in [1.29, 1.82) is 0 Å². The Kier molecular flexibility index (Phi) is 4.51. The van der Waals surface area contributed by atoms with Gasteiger partial charge in [0.1, 0.15) is 0 Å². The second kappa shape index (κ2) is 6.12. The van der Waals surface area contributed by atoms with Gasteiger partial charge in [-0.25, -0.2) is 4.98 Å². The minimum absolute atomic E-state index is 0.223. The van der Waals surface area contributed by atoms with Crippen molar-refractivity contribution in [1.82, 2.24) is 19.6 Å². The maximum Gasteiger partial charge on any atom is 0.256 e. The third kappa shape index (κ3) is 2.98. The molecule has 2 aromatic rings. The summed E-state index contributed by atoms with van der Waals surface area (Å²) in [6, 6.07) is 2.03. The number of quaternary nitrogens is 1. The molecule has 2 rings (SSSR count). The summed E-state index contributed by atoms with van der Waals surface area (Å²) in [5.74, 6) is 1.60. The number of aliphatic hydroxyl groups excluding tert-OH is 1. The lowest BCUT2D eigenvalue weighted by Crippen LogP contribution is -2.85. The van der Waals surface area contributed by atoms with Crippen LogP contribution in [-0.4, -0.2) is 50.1 Å². The molecule has 0 saturated carbocycles. The van der Waals surface area contributed by atoms with E-state index in [4.69, 9.17) is 5.11 Å². The van der Waals surface area contributed by atoms with Crippen molar-refractivity contribution in [3.05, 3.63) is 17.5 Å². The third-order valence-electron chi connectivity index (χ3n) is 2.55. The maximum atomic E-state index is 8.68. The number of hydrogen-bond acceptors (Lipinski definition) is 5. The number of thioether (sulfide) groups is 1. The first-order valence-corrected chi connectivity index (χ1v) is 6.95. The molecule has 0 spiro atoms. The Balaban J connectivity index is 2.05. The molecule has 0 aliphatic heterocycles. The second-order valence-corrected chi connectivity index (χ2v) is 5.16. The molecule has 3 N–H and O–H groups in total. The maximum absolute atomic E-state index is 8.68. The van der Waals surface area contributed by atoms with Crippen LogP contribution in [0.1, 0.15) is 11.4 Å². The monoisotopic (exact) mass is 268 g/mol. The van der Waals surface area contributed by atoms with Gasteiger partial charge < -0.3 is 10.4 Å². The first-order chi connectivity index (χ1) is 8.72. The predicted molar refractivity (Wildman–Crippen MR) is 69.7 cm³/mol. The molecule has 98 valence electrons. The van der Waals surface area contributed by atoms with Gasteiger partial charge in [0.25, 0.3) is 5.78 Å². The number of fused-ring (bicyclic) bond motifs is 1. The standard InChI is InChI=1S/C11H17N5OS/c1-8-7-9(2)16-10(13-8)14-15-11(16)18-6-4-12-3-5-17/h7,12,17H,3-6H2,1-2H3/p+1. The van der Waals surface area contributed by atoms with Crippen LogP contribution < -0.4 is 5.32 Å². The molecule has 2 aromatic heterocycles. The van der Waals surface area contributed by atoms with Crippen LogP contribution in [0, 0.1) is 13.8 Å². The van der Waals surface area contributed by atoms with E-state index in [9.17, 15) is 0 Å². The number of aliphatic hydroxyl groups is 1. The zero-order valence-corrected chi connectivity index (χ0v) is 11.4. The van der Waals surface area contributed by atoms with Crippen LogP contribution in [0.25, 0.3) is 5.78 Å². The summed E-state index contributed by atoms with van der Waals surface area (Å²) in [7, 11) is 0. The summed E-state index contributed by atoms with van der Waals surface area (Å²) >= 11 is 1.66. The minimum Gasteiger partial charge on any atom is -0.391 e. The van der Waals surface area contributed by atoms with E-state index in [1.165, 1.54) is 0 Å². The Morgan fingerprint density at radius 1 is 1.33 bits per heavy atom. The molecule has 7 heteroatoms. The zero-order valence-electron chi connectivity index (χ0n) is 10.6. The van der Waals surface area contributed by atoms with Crippen molar-refractivity contribution in [2.24, 2.45) is 0 Å². The molecular weight excluding hydrogens is 250 g/mol. The number of rotatable bonds is 6. The van der Waals surface area contributed by atoms with Crippen molar-refractivity contribution in [3.63, 3.8) is 0 Å². The lowest BCUT2D eigenvalue weighted by Gasteiger charge is -2.03. The van der Waals surface area contributed by atoms with Gasteiger partial charge in [0.2, 0.25) is 0 Å². The van der Waals surface area contributed by atoms with E-state index in [0.29, 0.717) is 5.78 Å². The average molecular weight is 268 g/mol. The third-order valence-corrected chi connectivity index (χ3v) is 3.51. The van der Waals surface area contributed by atoms with Crippen LogP contribution in [0.2, 0.25) is 0 Å². The minimum atomic E-state index is 0.223. The Morgan fingerprint density at radius 3 is 2.94 bits per heavy atom. The van der Waals surface area contributed by atoms with Crippen molar-refractivity contribution >= 4 is 17.5 Å². The molecule has 0 atom stereocenters. The van der Waals surface area contributed by atoms with E-state index in [1.54, 1.807) is 11.8 Å². The van der Waals surface area contributed by atoms with Crippen LogP contribution in [-0.2, 0) is 0 Å². The van der Waals surface area contributed by atoms with E-state index in [2.05, 4.69) is 20.5 Å². The van der Waals surface area contributed by atoms with Gasteiger partial charge >= 0.3 is 0 Å². The molecule has 0 bridgehead atoms. The predicted octanol–water partition coefficient (Wildman–Crippen LogP) is -0.611. The number of aromatic nitrogens is 4. The van der Waals surface area contributed by atoms with Crippen LogP contribution in [0.4, 0.5) is 0 Å². The van der Waals surface area contributed by atoms with Crippen molar-refractivity contribution < 1.29 is 10.4 Å². The highest BCUT2D eigenvalue weighted by molar-refractivity contribution is 7.99. The molecule has 2 heterocycles. The highest BCUT2D eigenvalue weighted by Crippen LogP contribution is 2.17. The summed E-state index contributed by atoms with van der Waals surface area (Å²) in [6.45, 7) is 5.92. The molecule has 0 fully saturated rings. The van der Waals surface area contributed by atoms with Crippen LogP contribution in [0.5, 0.6) is 0 Å². The fourth-order valence-corrected chi connectivity index (χ4v) is 2.68. The molecule has 0 aromatic carbocycles. The van der Waals surface area contributed by atoms with Gasteiger partial charge in [0, 0.05) is 11.4 Å². The first-order valence-electron chi connectivity index (χ1n) is 5.97. The molecule has 18 heavy (non-hydrogen) atoms. The molecule has 0 radical (unpaired) electrons. The van der Waals surface area contributed by atoms with Gasteiger partial charge in [-0.15, -0.1) is 10.2 Å². The molecule has 0 aliphatic carbocycles. The molecule has 0 unspecified atom stereocenters. The topological polar surface area (TPSA) is 79.9 Å². The smallest absolute Gasteiger partial charge is 0.256 e. The summed E-state index contributed by atoms with van der Waals surface area (Å²) in [5.41, 5.74) is 2.06. The van der Waals surface area contributed by atoms with E-state index in [0.717, 1.165) is 35.4 Å². The summed E-state index contributed by atoms with van der Waals surface area (Å²) in [5, 5.41) is 19.9. The number of nitrogens with two attached hydrogens (primary N) is 1. The van der Waals surface area contributed by atoms with E-state index in [-0.39, 0.29) is 6.61 Å². The zero-order chi connectivity index (χ0) is 13.0. The highest BCUT2D eigenvalue weighted by Gasteiger charge is 2.09. The Hall–Kier alpha value is -1.18. The van der Waals surface area contributed by atoms with Crippen LogP contribution >= 0.6 is 11.8 Å². The molecule has 0 aliphatic rings. The average Bonchev–Trinajstić information content (AvgIpc) is 2.72. The van der Waals surface area contributed by atoms with E-state index in [1.807, 2.05) is 24.3 Å². The van der Waals surface area contributed by atoms with Gasteiger partial charge in [-0.3, -0.25) is 4.40 Å². The molecule has 0 saturated heterocycles. The fraction of sp³-hybridized carbons (Fsp3) is 0.545. The largest absolute Gasteiger partial charge is 0.391 e. The van der Waals surface area contributed by atoms with Crippen LogP contribution in [0.3, 0.4) is 0 Å². The van der Waals surface area contributed by atoms with Crippen LogP contribution in [0.15, 0.2) is 11.2 Å². The summed E-state index contributed by atoms with van der Waals surface area (Å²) in [4.78, 5) is 4.35. The van der Waals surface area contributed by atoms with E-state index >= 15 is 0 Å².